The van der Waals surface area contributed by atoms with Crippen LogP contribution in [0, 0.1) is 6.92 Å². The van der Waals surface area contributed by atoms with Crippen molar-refractivity contribution >= 4 is 15.9 Å². The second-order valence-electron chi connectivity index (χ2n) is 3.77. The summed E-state index contributed by atoms with van der Waals surface area (Å²) in [5.74, 6) is 0.695. The fourth-order valence-electron chi connectivity index (χ4n) is 1.56. The zero-order chi connectivity index (χ0) is 12.1. The van der Waals surface area contributed by atoms with Gasteiger partial charge in [-0.05, 0) is 36.6 Å². The van der Waals surface area contributed by atoms with Crippen LogP contribution in [0.5, 0.6) is 5.75 Å². The Labute approximate surface area is 104 Å². The molecular formula is C12H17BrO3. The molecule has 0 radical (unpaired) electrons. The van der Waals surface area contributed by atoms with Gasteiger partial charge in [0.15, 0.2) is 0 Å². The van der Waals surface area contributed by atoms with Crippen LogP contribution < -0.4 is 4.74 Å². The highest BCUT2D eigenvalue weighted by atomic mass is 79.9. The SMILES string of the molecule is COc1cc(C)cc(C(O)C(O)CCBr)c1. The van der Waals surface area contributed by atoms with Crippen molar-refractivity contribution in [1.82, 2.24) is 0 Å². The van der Waals surface area contributed by atoms with Crippen LogP contribution in [0.25, 0.3) is 0 Å². The molecule has 1 aromatic rings. The Morgan fingerprint density at radius 1 is 1.31 bits per heavy atom. The zero-order valence-electron chi connectivity index (χ0n) is 9.48. The molecule has 0 amide bonds. The number of hydrogen-bond acceptors (Lipinski definition) is 3. The fourth-order valence-corrected chi connectivity index (χ4v) is 2.03. The van der Waals surface area contributed by atoms with E-state index in [0.29, 0.717) is 23.1 Å². The number of halogens is 1. The molecule has 0 aliphatic rings. The third-order valence-corrected chi connectivity index (χ3v) is 2.88. The van der Waals surface area contributed by atoms with E-state index in [9.17, 15) is 10.2 Å². The number of methoxy groups -OCH3 is 1. The van der Waals surface area contributed by atoms with Gasteiger partial charge < -0.3 is 14.9 Å². The molecule has 1 rings (SSSR count). The van der Waals surface area contributed by atoms with Crippen molar-refractivity contribution in [3.63, 3.8) is 0 Å². The maximum atomic E-state index is 9.94. The predicted molar refractivity (Wildman–Crippen MR) is 67.1 cm³/mol. The van der Waals surface area contributed by atoms with Crippen molar-refractivity contribution in [2.45, 2.75) is 25.6 Å². The van der Waals surface area contributed by atoms with E-state index >= 15 is 0 Å². The van der Waals surface area contributed by atoms with Crippen LogP contribution in [0.2, 0.25) is 0 Å². The average molecular weight is 289 g/mol. The zero-order valence-corrected chi connectivity index (χ0v) is 11.1. The summed E-state index contributed by atoms with van der Waals surface area (Å²) in [5.41, 5.74) is 1.68. The summed E-state index contributed by atoms with van der Waals surface area (Å²) >= 11 is 3.24. The molecule has 90 valence electrons. The number of aryl methyl sites for hydroxylation is 1. The Morgan fingerprint density at radius 3 is 2.56 bits per heavy atom. The lowest BCUT2D eigenvalue weighted by molar-refractivity contribution is 0.0172. The summed E-state index contributed by atoms with van der Waals surface area (Å²) in [6.45, 7) is 1.93. The first-order chi connectivity index (χ1) is 7.58. The van der Waals surface area contributed by atoms with E-state index in [0.717, 1.165) is 5.56 Å². The van der Waals surface area contributed by atoms with Crippen molar-refractivity contribution in [2.24, 2.45) is 0 Å². The molecule has 0 saturated carbocycles. The average Bonchev–Trinajstić information content (AvgIpc) is 2.27. The molecule has 0 bridgehead atoms. The molecule has 0 heterocycles. The van der Waals surface area contributed by atoms with Gasteiger partial charge >= 0.3 is 0 Å². The number of benzene rings is 1. The minimum Gasteiger partial charge on any atom is -0.497 e. The second kappa shape index (κ2) is 6.23. The molecule has 2 unspecified atom stereocenters. The van der Waals surface area contributed by atoms with E-state index in [4.69, 9.17) is 4.74 Å². The molecule has 2 N–H and O–H groups in total. The van der Waals surface area contributed by atoms with Gasteiger partial charge in [-0.3, -0.25) is 0 Å². The Morgan fingerprint density at radius 2 is 2.00 bits per heavy atom. The Bertz CT molecular complexity index is 341. The fraction of sp³-hybridized carbons (Fsp3) is 0.500. The van der Waals surface area contributed by atoms with Gasteiger partial charge in [0.1, 0.15) is 11.9 Å². The molecule has 1 aromatic carbocycles. The number of ether oxygens (including phenoxy) is 1. The van der Waals surface area contributed by atoms with Crippen LogP contribution in [-0.4, -0.2) is 28.8 Å². The number of rotatable bonds is 5. The minimum absolute atomic E-state index is 0.511. The van der Waals surface area contributed by atoms with Crippen LogP contribution in [0.1, 0.15) is 23.7 Å². The third-order valence-electron chi connectivity index (χ3n) is 2.42. The summed E-state index contributed by atoms with van der Waals surface area (Å²) in [5, 5.41) is 20.3. The highest BCUT2D eigenvalue weighted by molar-refractivity contribution is 9.09. The van der Waals surface area contributed by atoms with Gasteiger partial charge in [0.2, 0.25) is 0 Å². The van der Waals surface area contributed by atoms with Gasteiger partial charge in [-0.15, -0.1) is 0 Å². The van der Waals surface area contributed by atoms with Crippen molar-refractivity contribution in [3.05, 3.63) is 29.3 Å². The molecule has 0 fully saturated rings. The summed E-state index contributed by atoms with van der Waals surface area (Å²) < 4.78 is 5.12. The van der Waals surface area contributed by atoms with E-state index in [1.165, 1.54) is 0 Å². The van der Waals surface area contributed by atoms with E-state index in [-0.39, 0.29) is 0 Å². The Balaban J connectivity index is 2.89. The van der Waals surface area contributed by atoms with Gasteiger partial charge in [0.05, 0.1) is 13.2 Å². The molecule has 0 aliphatic carbocycles. The van der Waals surface area contributed by atoms with Crippen LogP contribution in [0.15, 0.2) is 18.2 Å². The Hall–Kier alpha value is -0.580. The molecule has 0 spiro atoms. The number of hydrogen-bond donors (Lipinski definition) is 2. The minimum atomic E-state index is -0.869. The molecule has 0 aromatic heterocycles. The maximum Gasteiger partial charge on any atom is 0.119 e. The van der Waals surface area contributed by atoms with Crippen LogP contribution in [0.3, 0.4) is 0 Å². The second-order valence-corrected chi connectivity index (χ2v) is 4.57. The van der Waals surface area contributed by atoms with E-state index in [1.807, 2.05) is 19.1 Å². The van der Waals surface area contributed by atoms with Gasteiger partial charge in [0, 0.05) is 5.33 Å². The van der Waals surface area contributed by atoms with Crippen molar-refractivity contribution in [3.8, 4) is 5.75 Å². The van der Waals surface area contributed by atoms with Gasteiger partial charge in [-0.2, -0.15) is 0 Å². The quantitative estimate of drug-likeness (QED) is 0.817. The topological polar surface area (TPSA) is 49.7 Å². The van der Waals surface area contributed by atoms with Crippen molar-refractivity contribution in [1.29, 1.82) is 0 Å². The van der Waals surface area contributed by atoms with Crippen LogP contribution >= 0.6 is 15.9 Å². The summed E-state index contributed by atoms with van der Waals surface area (Å²) in [7, 11) is 1.58. The van der Waals surface area contributed by atoms with Gasteiger partial charge in [0.25, 0.3) is 0 Å². The molecule has 3 nitrogen and oxygen atoms in total. The molecule has 2 atom stereocenters. The first-order valence-electron chi connectivity index (χ1n) is 5.16. The number of aliphatic hydroxyl groups excluding tert-OH is 2. The molecule has 16 heavy (non-hydrogen) atoms. The largest absolute Gasteiger partial charge is 0.497 e. The third kappa shape index (κ3) is 3.47. The van der Waals surface area contributed by atoms with Crippen molar-refractivity contribution in [2.75, 3.05) is 12.4 Å². The molecular weight excluding hydrogens is 272 g/mol. The maximum absolute atomic E-state index is 9.94. The predicted octanol–water partition coefficient (Wildman–Crippen LogP) is 2.18. The summed E-state index contributed by atoms with van der Waals surface area (Å²) in [6.07, 6.45) is -1.12. The smallest absolute Gasteiger partial charge is 0.119 e. The van der Waals surface area contributed by atoms with Crippen molar-refractivity contribution < 1.29 is 14.9 Å². The lowest BCUT2D eigenvalue weighted by atomic mass is 10.0. The number of aliphatic hydroxyl groups is 2. The van der Waals surface area contributed by atoms with E-state index < -0.39 is 12.2 Å². The summed E-state index contributed by atoms with van der Waals surface area (Å²) in [6, 6.07) is 5.48. The molecule has 0 saturated heterocycles. The highest BCUT2D eigenvalue weighted by Gasteiger charge is 2.18. The Kier molecular flexibility index (Phi) is 5.25. The van der Waals surface area contributed by atoms with Crippen LogP contribution in [-0.2, 0) is 0 Å². The standard InChI is InChI=1S/C12H17BrO3/c1-8-5-9(7-10(6-8)16-2)12(15)11(14)3-4-13/h5-7,11-12,14-15H,3-4H2,1-2H3. The lowest BCUT2D eigenvalue weighted by Gasteiger charge is -2.18. The lowest BCUT2D eigenvalue weighted by Crippen LogP contribution is -2.18. The molecule has 0 aliphatic heterocycles. The molecule has 4 heteroatoms. The highest BCUT2D eigenvalue weighted by Crippen LogP contribution is 2.25. The number of alkyl halides is 1. The summed E-state index contributed by atoms with van der Waals surface area (Å²) in [4.78, 5) is 0. The van der Waals surface area contributed by atoms with E-state index in [1.54, 1.807) is 13.2 Å². The van der Waals surface area contributed by atoms with Crippen LogP contribution in [0.4, 0.5) is 0 Å². The van der Waals surface area contributed by atoms with Gasteiger partial charge in [-0.1, -0.05) is 22.0 Å². The normalized spacial score (nSPS) is 14.6. The monoisotopic (exact) mass is 288 g/mol. The first-order valence-corrected chi connectivity index (χ1v) is 6.28. The van der Waals surface area contributed by atoms with Gasteiger partial charge in [-0.25, -0.2) is 0 Å². The van der Waals surface area contributed by atoms with E-state index in [2.05, 4.69) is 15.9 Å². The first kappa shape index (κ1) is 13.5.